The van der Waals surface area contributed by atoms with Gasteiger partial charge in [0.1, 0.15) is 0 Å². The second kappa shape index (κ2) is 7.30. The summed E-state index contributed by atoms with van der Waals surface area (Å²) < 4.78 is 40.1. The lowest BCUT2D eigenvalue weighted by Gasteiger charge is -2.11. The van der Waals surface area contributed by atoms with Crippen molar-refractivity contribution in [3.63, 3.8) is 0 Å². The molecule has 1 N–H and O–H groups in total. The Balaban J connectivity index is 1.92. The van der Waals surface area contributed by atoms with Crippen LogP contribution in [0.3, 0.4) is 0 Å². The number of ketones is 1. The minimum absolute atomic E-state index is 0.190. The summed E-state index contributed by atoms with van der Waals surface area (Å²) in [5.74, 6) is -0.711. The number of amides is 1. The van der Waals surface area contributed by atoms with E-state index in [1.54, 1.807) is 31.2 Å². The topological polar surface area (TPSA) is 64.0 Å². The fourth-order valence-electron chi connectivity index (χ4n) is 2.80. The van der Waals surface area contributed by atoms with Crippen LogP contribution in [0.2, 0.25) is 0 Å². The van der Waals surface area contributed by atoms with Crippen LogP contribution in [0.25, 0.3) is 5.69 Å². The Morgan fingerprint density at radius 1 is 1.04 bits per heavy atom. The summed E-state index contributed by atoms with van der Waals surface area (Å²) in [4.78, 5) is 24.3. The van der Waals surface area contributed by atoms with Gasteiger partial charge in [-0.2, -0.15) is 18.3 Å². The standard InChI is InChI=1S/C20H16F3N3O2/c1-12-17(19(28)25-18-9-4-3-8-16(18)13(2)27)11-24-26(12)15-7-5-6-14(10-15)20(21,22)23/h3-11H,1-2H3,(H,25,28). The average Bonchev–Trinajstić information content (AvgIpc) is 3.03. The molecule has 0 aliphatic heterocycles. The van der Waals surface area contributed by atoms with E-state index in [-0.39, 0.29) is 17.0 Å². The second-order valence-corrected chi connectivity index (χ2v) is 6.16. The van der Waals surface area contributed by atoms with Crippen molar-refractivity contribution >= 4 is 17.4 Å². The second-order valence-electron chi connectivity index (χ2n) is 6.16. The first kappa shape index (κ1) is 19.3. The van der Waals surface area contributed by atoms with E-state index in [1.165, 1.54) is 29.9 Å². The molecular weight excluding hydrogens is 371 g/mol. The first-order valence-corrected chi connectivity index (χ1v) is 8.32. The molecule has 5 nitrogen and oxygen atoms in total. The van der Waals surface area contributed by atoms with Crippen LogP contribution in [0.5, 0.6) is 0 Å². The summed E-state index contributed by atoms with van der Waals surface area (Å²) in [6, 6.07) is 11.2. The molecule has 0 spiro atoms. The highest BCUT2D eigenvalue weighted by Crippen LogP contribution is 2.30. The molecule has 144 valence electrons. The number of hydrogen-bond acceptors (Lipinski definition) is 3. The fraction of sp³-hybridized carbons (Fsp3) is 0.150. The smallest absolute Gasteiger partial charge is 0.321 e. The summed E-state index contributed by atoms with van der Waals surface area (Å²) in [5.41, 5.74) is 0.662. The van der Waals surface area contributed by atoms with Crippen molar-refractivity contribution in [2.24, 2.45) is 0 Å². The Kier molecular flexibility index (Phi) is 5.04. The Morgan fingerprint density at radius 2 is 1.75 bits per heavy atom. The number of anilines is 1. The van der Waals surface area contributed by atoms with Gasteiger partial charge in [0.05, 0.1) is 34.4 Å². The van der Waals surface area contributed by atoms with Gasteiger partial charge in [-0.05, 0) is 44.2 Å². The van der Waals surface area contributed by atoms with Crippen LogP contribution in [0.15, 0.2) is 54.7 Å². The van der Waals surface area contributed by atoms with Crippen LogP contribution in [0.4, 0.5) is 18.9 Å². The van der Waals surface area contributed by atoms with Gasteiger partial charge in [0.2, 0.25) is 0 Å². The summed E-state index contributed by atoms with van der Waals surface area (Å²) in [6.45, 7) is 2.97. The quantitative estimate of drug-likeness (QED) is 0.663. The zero-order valence-corrected chi connectivity index (χ0v) is 15.0. The number of rotatable bonds is 4. The van der Waals surface area contributed by atoms with Crippen LogP contribution >= 0.6 is 0 Å². The third-order valence-corrected chi connectivity index (χ3v) is 4.23. The molecule has 0 radical (unpaired) electrons. The Morgan fingerprint density at radius 3 is 2.43 bits per heavy atom. The summed E-state index contributed by atoms with van der Waals surface area (Å²) in [7, 11) is 0. The van der Waals surface area contributed by atoms with E-state index in [9.17, 15) is 22.8 Å². The number of para-hydroxylation sites is 1. The number of aromatic nitrogens is 2. The van der Waals surface area contributed by atoms with Gasteiger partial charge in [0, 0.05) is 5.56 Å². The third kappa shape index (κ3) is 3.80. The van der Waals surface area contributed by atoms with Gasteiger partial charge in [-0.15, -0.1) is 0 Å². The van der Waals surface area contributed by atoms with E-state index in [0.29, 0.717) is 16.9 Å². The van der Waals surface area contributed by atoms with Gasteiger partial charge < -0.3 is 5.32 Å². The lowest BCUT2D eigenvalue weighted by atomic mass is 10.1. The molecule has 1 aromatic heterocycles. The highest BCUT2D eigenvalue weighted by Gasteiger charge is 2.30. The molecule has 0 saturated heterocycles. The molecule has 1 heterocycles. The minimum atomic E-state index is -4.48. The Hall–Kier alpha value is -3.42. The SMILES string of the molecule is CC(=O)c1ccccc1NC(=O)c1cnn(-c2cccc(C(F)(F)F)c2)c1C. The number of nitrogens with zero attached hydrogens (tertiary/aromatic N) is 2. The molecule has 0 bridgehead atoms. The number of benzene rings is 2. The van der Waals surface area contributed by atoms with E-state index in [4.69, 9.17) is 0 Å². The molecule has 2 aromatic carbocycles. The van der Waals surface area contributed by atoms with Gasteiger partial charge in [-0.25, -0.2) is 4.68 Å². The summed E-state index contributed by atoms with van der Waals surface area (Å²) >= 11 is 0. The number of carbonyl (C=O) groups is 2. The lowest BCUT2D eigenvalue weighted by molar-refractivity contribution is -0.137. The molecule has 28 heavy (non-hydrogen) atoms. The Labute approximate surface area is 158 Å². The minimum Gasteiger partial charge on any atom is -0.321 e. The number of Topliss-reactive ketones (excluding diaryl/α,β-unsaturated/α-hetero) is 1. The number of carbonyl (C=O) groups excluding carboxylic acids is 2. The molecular formula is C20H16F3N3O2. The van der Waals surface area contributed by atoms with E-state index >= 15 is 0 Å². The molecule has 1 amide bonds. The maximum atomic E-state index is 12.9. The lowest BCUT2D eigenvalue weighted by Crippen LogP contribution is -2.15. The maximum Gasteiger partial charge on any atom is 0.416 e. The number of nitrogens with one attached hydrogen (secondary N) is 1. The largest absolute Gasteiger partial charge is 0.416 e. The molecule has 3 rings (SSSR count). The van der Waals surface area contributed by atoms with Gasteiger partial charge in [0.25, 0.3) is 5.91 Å². The van der Waals surface area contributed by atoms with Crippen LogP contribution in [-0.2, 0) is 6.18 Å². The van der Waals surface area contributed by atoms with Crippen molar-refractivity contribution in [1.29, 1.82) is 0 Å². The van der Waals surface area contributed by atoms with Crippen LogP contribution in [0, 0.1) is 6.92 Å². The summed E-state index contributed by atoms with van der Waals surface area (Å²) in [6.07, 6.45) is -3.20. The van der Waals surface area contributed by atoms with Gasteiger partial charge >= 0.3 is 6.18 Å². The van der Waals surface area contributed by atoms with Crippen molar-refractivity contribution in [3.05, 3.63) is 77.1 Å². The average molecular weight is 387 g/mol. The first-order chi connectivity index (χ1) is 13.2. The maximum absolute atomic E-state index is 12.9. The molecule has 8 heteroatoms. The highest BCUT2D eigenvalue weighted by molar-refractivity contribution is 6.09. The first-order valence-electron chi connectivity index (χ1n) is 8.32. The number of hydrogen-bond donors (Lipinski definition) is 1. The fourth-order valence-corrected chi connectivity index (χ4v) is 2.80. The van der Waals surface area contributed by atoms with Gasteiger partial charge in [-0.1, -0.05) is 18.2 Å². The van der Waals surface area contributed by atoms with Crippen molar-refractivity contribution in [3.8, 4) is 5.69 Å². The molecule has 0 atom stereocenters. The normalized spacial score (nSPS) is 11.3. The predicted octanol–water partition coefficient (Wildman–Crippen LogP) is 4.65. The molecule has 0 unspecified atom stereocenters. The number of alkyl halides is 3. The monoisotopic (exact) mass is 387 g/mol. The predicted molar refractivity (Wildman–Crippen MR) is 97.7 cm³/mol. The molecule has 0 aliphatic carbocycles. The number of halogens is 3. The zero-order chi connectivity index (χ0) is 20.5. The Bertz CT molecular complexity index is 1050. The zero-order valence-electron chi connectivity index (χ0n) is 15.0. The van der Waals surface area contributed by atoms with Gasteiger partial charge in [0.15, 0.2) is 5.78 Å². The van der Waals surface area contributed by atoms with Gasteiger partial charge in [-0.3, -0.25) is 9.59 Å². The van der Waals surface area contributed by atoms with Crippen LogP contribution < -0.4 is 5.32 Å². The summed E-state index contributed by atoms with van der Waals surface area (Å²) in [5, 5.41) is 6.71. The van der Waals surface area contributed by atoms with E-state index in [1.807, 2.05) is 0 Å². The van der Waals surface area contributed by atoms with E-state index in [0.717, 1.165) is 12.1 Å². The van der Waals surface area contributed by atoms with Crippen molar-refractivity contribution in [2.75, 3.05) is 5.32 Å². The van der Waals surface area contributed by atoms with Crippen molar-refractivity contribution in [1.82, 2.24) is 9.78 Å². The van der Waals surface area contributed by atoms with E-state index in [2.05, 4.69) is 10.4 Å². The third-order valence-electron chi connectivity index (χ3n) is 4.23. The van der Waals surface area contributed by atoms with Crippen LogP contribution in [-0.4, -0.2) is 21.5 Å². The molecule has 0 saturated carbocycles. The molecule has 0 fully saturated rings. The molecule has 3 aromatic rings. The van der Waals surface area contributed by atoms with E-state index < -0.39 is 17.6 Å². The highest BCUT2D eigenvalue weighted by atomic mass is 19.4. The molecule has 0 aliphatic rings. The van der Waals surface area contributed by atoms with Crippen molar-refractivity contribution < 1.29 is 22.8 Å². The van der Waals surface area contributed by atoms with Crippen LogP contribution in [0.1, 0.15) is 38.9 Å². The van der Waals surface area contributed by atoms with Crippen molar-refractivity contribution in [2.45, 2.75) is 20.0 Å².